The van der Waals surface area contributed by atoms with Gasteiger partial charge in [0.1, 0.15) is 11.6 Å². The molecular weight excluding hydrogens is 360 g/mol. The number of fused-ring (bicyclic) bond motifs is 4. The van der Waals surface area contributed by atoms with Gasteiger partial charge in [-0.25, -0.2) is 4.98 Å². The molecule has 0 aliphatic heterocycles. The summed E-state index contributed by atoms with van der Waals surface area (Å²) in [5.41, 5.74) is 3.97. The third-order valence-corrected chi connectivity index (χ3v) is 5.21. The van der Waals surface area contributed by atoms with Crippen LogP contribution in [0.1, 0.15) is 32.4 Å². The lowest BCUT2D eigenvalue weighted by Gasteiger charge is -2.16. The minimum atomic E-state index is -0.0727. The largest absolute Gasteiger partial charge is 0.384 e. The molecule has 29 heavy (non-hydrogen) atoms. The Morgan fingerprint density at radius 3 is 2.69 bits per heavy atom. The van der Waals surface area contributed by atoms with Gasteiger partial charge in [0.05, 0.1) is 16.4 Å². The maximum absolute atomic E-state index is 4.66. The number of imidazole rings is 1. The zero-order valence-corrected chi connectivity index (χ0v) is 16.9. The molecule has 3 aromatic heterocycles. The summed E-state index contributed by atoms with van der Waals surface area (Å²) in [6.07, 6.45) is 2.88. The lowest BCUT2D eigenvalue weighted by atomic mass is 9.96. The Hall–Kier alpha value is -3.41. The van der Waals surface area contributed by atoms with Crippen LogP contribution in [0.3, 0.4) is 0 Å². The predicted molar refractivity (Wildman–Crippen MR) is 117 cm³/mol. The molecule has 0 atom stereocenters. The quantitative estimate of drug-likeness (QED) is 0.471. The molecule has 0 amide bonds. The maximum Gasteiger partial charge on any atom is 0.170 e. The average molecular weight is 384 g/mol. The molecule has 5 aromatic rings. The molecule has 2 aromatic carbocycles. The van der Waals surface area contributed by atoms with Gasteiger partial charge in [0.25, 0.3) is 0 Å². The number of anilines is 1. The van der Waals surface area contributed by atoms with E-state index in [-0.39, 0.29) is 5.41 Å². The van der Waals surface area contributed by atoms with Crippen molar-refractivity contribution in [1.82, 2.24) is 24.6 Å². The first-order valence-electron chi connectivity index (χ1n) is 9.95. The van der Waals surface area contributed by atoms with Gasteiger partial charge in [0.15, 0.2) is 5.65 Å². The Bertz CT molecular complexity index is 1290. The monoisotopic (exact) mass is 384 g/mol. The second-order valence-electron chi connectivity index (χ2n) is 8.43. The van der Waals surface area contributed by atoms with Crippen LogP contribution in [0.2, 0.25) is 0 Å². The molecule has 0 aliphatic rings. The van der Waals surface area contributed by atoms with Crippen LogP contribution in [0.4, 0.5) is 5.69 Å². The van der Waals surface area contributed by atoms with Gasteiger partial charge >= 0.3 is 0 Å². The number of pyridine rings is 1. The van der Waals surface area contributed by atoms with E-state index in [1.165, 1.54) is 0 Å². The second kappa shape index (κ2) is 6.58. The molecule has 146 valence electrons. The van der Waals surface area contributed by atoms with E-state index in [4.69, 9.17) is 0 Å². The van der Waals surface area contributed by atoms with Crippen molar-refractivity contribution in [3.05, 3.63) is 66.4 Å². The number of hydrogen-bond donors (Lipinski definition) is 2. The van der Waals surface area contributed by atoms with Gasteiger partial charge in [0.2, 0.25) is 0 Å². The van der Waals surface area contributed by atoms with E-state index in [1.807, 2.05) is 18.2 Å². The van der Waals surface area contributed by atoms with E-state index in [9.17, 15) is 0 Å². The summed E-state index contributed by atoms with van der Waals surface area (Å²) in [5, 5.41) is 14.8. The fraction of sp³-hybridized carbons (Fsp3) is 0.261. The SMILES string of the molecule is CC(C)(C)c1nnc2c3c(NCCc4nc5ccccc5[nH]4)cccc3ccn12. The topological polar surface area (TPSA) is 70.9 Å². The fourth-order valence-corrected chi connectivity index (χ4v) is 3.81. The molecule has 0 saturated heterocycles. The fourth-order valence-electron chi connectivity index (χ4n) is 3.81. The number of aromatic nitrogens is 5. The molecule has 0 bridgehead atoms. The van der Waals surface area contributed by atoms with Gasteiger partial charge < -0.3 is 10.3 Å². The number of para-hydroxylation sites is 2. The van der Waals surface area contributed by atoms with Crippen molar-refractivity contribution in [1.29, 1.82) is 0 Å². The highest BCUT2D eigenvalue weighted by Crippen LogP contribution is 2.30. The van der Waals surface area contributed by atoms with Gasteiger partial charge in [-0.2, -0.15) is 0 Å². The number of nitrogens with one attached hydrogen (secondary N) is 2. The molecule has 5 rings (SSSR count). The Kier molecular flexibility index (Phi) is 4.01. The molecule has 0 unspecified atom stereocenters. The minimum absolute atomic E-state index is 0.0727. The summed E-state index contributed by atoms with van der Waals surface area (Å²) >= 11 is 0. The normalized spacial score (nSPS) is 12.2. The number of nitrogens with zero attached hydrogens (tertiary/aromatic N) is 4. The summed E-state index contributed by atoms with van der Waals surface area (Å²) in [5.74, 6) is 1.95. The minimum Gasteiger partial charge on any atom is -0.384 e. The van der Waals surface area contributed by atoms with Crippen LogP contribution in [0.15, 0.2) is 54.7 Å². The highest BCUT2D eigenvalue weighted by Gasteiger charge is 2.22. The van der Waals surface area contributed by atoms with Crippen molar-refractivity contribution in [3.63, 3.8) is 0 Å². The van der Waals surface area contributed by atoms with Gasteiger partial charge in [-0.3, -0.25) is 4.40 Å². The highest BCUT2D eigenvalue weighted by atomic mass is 15.3. The molecule has 0 spiro atoms. The molecular formula is C23H24N6. The van der Waals surface area contributed by atoms with E-state index < -0.39 is 0 Å². The zero-order chi connectivity index (χ0) is 20.0. The molecule has 0 aliphatic carbocycles. The average Bonchev–Trinajstić information content (AvgIpc) is 3.31. The van der Waals surface area contributed by atoms with Crippen LogP contribution in [0.25, 0.3) is 27.5 Å². The van der Waals surface area contributed by atoms with E-state index in [0.717, 1.165) is 57.8 Å². The van der Waals surface area contributed by atoms with Crippen LogP contribution in [0.5, 0.6) is 0 Å². The van der Waals surface area contributed by atoms with E-state index in [1.54, 1.807) is 0 Å². The van der Waals surface area contributed by atoms with Crippen molar-refractivity contribution in [2.45, 2.75) is 32.6 Å². The van der Waals surface area contributed by atoms with E-state index in [2.05, 4.69) is 87.2 Å². The van der Waals surface area contributed by atoms with Gasteiger partial charge in [-0.15, -0.1) is 10.2 Å². The highest BCUT2D eigenvalue weighted by molar-refractivity contribution is 6.03. The number of aromatic amines is 1. The summed E-state index contributed by atoms with van der Waals surface area (Å²) in [4.78, 5) is 8.06. The van der Waals surface area contributed by atoms with Gasteiger partial charge in [-0.1, -0.05) is 45.0 Å². The molecule has 6 heteroatoms. The van der Waals surface area contributed by atoms with Crippen LogP contribution >= 0.6 is 0 Å². The standard InChI is InChI=1S/C23H24N6/c1-23(2,3)22-28-27-21-20-15(12-14-29(21)22)7-6-10-18(20)24-13-11-19-25-16-8-4-5-9-17(16)26-19/h4-10,12,14,24H,11,13H2,1-3H3,(H,25,26). The van der Waals surface area contributed by atoms with Crippen molar-refractivity contribution in [2.24, 2.45) is 0 Å². The molecule has 0 radical (unpaired) electrons. The van der Waals surface area contributed by atoms with Crippen molar-refractivity contribution >= 4 is 33.1 Å². The zero-order valence-electron chi connectivity index (χ0n) is 16.9. The molecule has 0 fully saturated rings. The smallest absolute Gasteiger partial charge is 0.170 e. The van der Waals surface area contributed by atoms with Crippen molar-refractivity contribution in [3.8, 4) is 0 Å². The Morgan fingerprint density at radius 1 is 1.00 bits per heavy atom. The number of H-pyrrole nitrogens is 1. The van der Waals surface area contributed by atoms with E-state index in [0.29, 0.717) is 0 Å². The summed E-state index contributed by atoms with van der Waals surface area (Å²) in [6, 6.07) is 16.5. The van der Waals surface area contributed by atoms with Gasteiger partial charge in [0, 0.05) is 30.3 Å². The van der Waals surface area contributed by atoms with Gasteiger partial charge in [-0.05, 0) is 29.7 Å². The van der Waals surface area contributed by atoms with Crippen LogP contribution < -0.4 is 5.32 Å². The predicted octanol–water partition coefficient (Wildman–Crippen LogP) is 4.71. The Morgan fingerprint density at radius 2 is 1.86 bits per heavy atom. The summed E-state index contributed by atoms with van der Waals surface area (Å²) in [7, 11) is 0. The molecule has 6 nitrogen and oxygen atoms in total. The van der Waals surface area contributed by atoms with Crippen molar-refractivity contribution < 1.29 is 0 Å². The third-order valence-electron chi connectivity index (χ3n) is 5.21. The van der Waals surface area contributed by atoms with Crippen LogP contribution in [-0.4, -0.2) is 31.1 Å². The van der Waals surface area contributed by atoms with Crippen LogP contribution in [-0.2, 0) is 11.8 Å². The molecule has 2 N–H and O–H groups in total. The second-order valence-corrected chi connectivity index (χ2v) is 8.43. The lowest BCUT2D eigenvalue weighted by Crippen LogP contribution is -2.15. The maximum atomic E-state index is 4.66. The molecule has 3 heterocycles. The van der Waals surface area contributed by atoms with Crippen molar-refractivity contribution in [2.75, 3.05) is 11.9 Å². The molecule has 0 saturated carbocycles. The van der Waals surface area contributed by atoms with Crippen LogP contribution in [0, 0.1) is 0 Å². The number of benzene rings is 2. The number of rotatable bonds is 4. The lowest BCUT2D eigenvalue weighted by molar-refractivity contribution is 0.539. The Labute approximate surface area is 169 Å². The third kappa shape index (κ3) is 3.10. The summed E-state index contributed by atoms with van der Waals surface area (Å²) < 4.78 is 2.10. The Balaban J connectivity index is 1.47. The van der Waals surface area contributed by atoms with E-state index >= 15 is 0 Å². The number of hydrogen-bond acceptors (Lipinski definition) is 4. The first kappa shape index (κ1) is 17.7. The first-order valence-corrected chi connectivity index (χ1v) is 9.95. The summed E-state index contributed by atoms with van der Waals surface area (Å²) in [6.45, 7) is 7.25. The first-order chi connectivity index (χ1) is 14.0.